The van der Waals surface area contributed by atoms with Crippen LogP contribution >= 0.6 is 11.6 Å². The van der Waals surface area contributed by atoms with Gasteiger partial charge < -0.3 is 14.8 Å². The average molecular weight is 302 g/mol. The maximum Gasteiger partial charge on any atom is 0.335 e. The number of ether oxygens (including phenoxy) is 1. The summed E-state index contributed by atoms with van der Waals surface area (Å²) in [6.45, 7) is 0.334. The summed E-state index contributed by atoms with van der Waals surface area (Å²) in [5, 5.41) is 10.4. The lowest BCUT2D eigenvalue weighted by atomic mass is 10.1. The van der Waals surface area contributed by atoms with Crippen LogP contribution in [0.4, 0.5) is 0 Å². The quantitative estimate of drug-likeness (QED) is 0.762. The molecule has 0 unspecified atom stereocenters. The lowest BCUT2D eigenvalue weighted by Gasteiger charge is -2.05. The second-order valence-electron chi connectivity index (χ2n) is 4.62. The molecule has 0 aliphatic rings. The third kappa shape index (κ3) is 2.85. The Bertz CT molecular complexity index is 810. The molecule has 3 rings (SSSR count). The van der Waals surface area contributed by atoms with Crippen LogP contribution in [-0.2, 0) is 6.61 Å². The molecule has 0 radical (unpaired) electrons. The topological polar surface area (TPSA) is 62.3 Å². The van der Waals surface area contributed by atoms with Gasteiger partial charge in [0, 0.05) is 10.9 Å². The first-order valence-corrected chi connectivity index (χ1v) is 6.73. The molecular formula is C16H12ClNO3. The number of carbonyl (C=O) groups is 1. The van der Waals surface area contributed by atoms with E-state index in [9.17, 15) is 4.79 Å². The Hall–Kier alpha value is -2.46. The fourth-order valence-corrected chi connectivity index (χ4v) is 2.31. The molecule has 0 fully saturated rings. The van der Waals surface area contributed by atoms with Gasteiger partial charge in [0.05, 0.1) is 16.3 Å². The lowest BCUT2D eigenvalue weighted by Crippen LogP contribution is -1.95. The van der Waals surface area contributed by atoms with Crippen LogP contribution in [0, 0.1) is 0 Å². The summed E-state index contributed by atoms with van der Waals surface area (Å²) in [6.07, 6.45) is 0. The normalized spacial score (nSPS) is 10.7. The Morgan fingerprint density at radius 2 is 2.00 bits per heavy atom. The van der Waals surface area contributed by atoms with Crippen molar-refractivity contribution >= 4 is 28.5 Å². The van der Waals surface area contributed by atoms with E-state index in [1.807, 2.05) is 18.2 Å². The van der Waals surface area contributed by atoms with Gasteiger partial charge in [-0.3, -0.25) is 0 Å². The van der Waals surface area contributed by atoms with Crippen LogP contribution in [-0.4, -0.2) is 16.1 Å². The number of rotatable bonds is 4. The standard InChI is InChI=1S/C16H12ClNO3/c17-13-3-1-2-4-15(13)21-9-12-8-11-7-10(16(19)20)5-6-14(11)18-12/h1-8,18H,9H2,(H,19,20). The van der Waals surface area contributed by atoms with E-state index in [0.29, 0.717) is 17.4 Å². The predicted molar refractivity (Wildman–Crippen MR) is 81.0 cm³/mol. The monoisotopic (exact) mass is 301 g/mol. The summed E-state index contributed by atoms with van der Waals surface area (Å²) < 4.78 is 5.65. The van der Waals surface area contributed by atoms with Crippen LogP contribution in [0.5, 0.6) is 5.75 Å². The minimum absolute atomic E-state index is 0.264. The van der Waals surface area contributed by atoms with Gasteiger partial charge in [-0.1, -0.05) is 23.7 Å². The van der Waals surface area contributed by atoms with Crippen molar-refractivity contribution in [2.75, 3.05) is 0 Å². The van der Waals surface area contributed by atoms with E-state index in [-0.39, 0.29) is 5.56 Å². The Balaban J connectivity index is 1.82. The van der Waals surface area contributed by atoms with Gasteiger partial charge in [-0.15, -0.1) is 0 Å². The number of hydrogen-bond donors (Lipinski definition) is 2. The van der Waals surface area contributed by atoms with Gasteiger partial charge in [-0.05, 0) is 36.4 Å². The first kappa shape index (κ1) is 13.5. The summed E-state index contributed by atoms with van der Waals surface area (Å²) in [5.74, 6) is -0.323. The van der Waals surface area contributed by atoms with Crippen molar-refractivity contribution in [2.24, 2.45) is 0 Å². The van der Waals surface area contributed by atoms with Gasteiger partial charge in [0.15, 0.2) is 0 Å². The maximum atomic E-state index is 11.0. The zero-order valence-electron chi connectivity index (χ0n) is 11.0. The van der Waals surface area contributed by atoms with Gasteiger partial charge in [0.1, 0.15) is 12.4 Å². The largest absolute Gasteiger partial charge is 0.486 e. The first-order valence-electron chi connectivity index (χ1n) is 6.36. The number of para-hydroxylation sites is 1. The smallest absolute Gasteiger partial charge is 0.335 e. The Morgan fingerprint density at radius 1 is 1.19 bits per heavy atom. The third-order valence-electron chi connectivity index (χ3n) is 3.14. The molecule has 21 heavy (non-hydrogen) atoms. The molecule has 0 bridgehead atoms. The van der Waals surface area contributed by atoms with Crippen molar-refractivity contribution in [3.63, 3.8) is 0 Å². The molecule has 106 valence electrons. The van der Waals surface area contributed by atoms with E-state index in [2.05, 4.69) is 4.98 Å². The summed E-state index contributed by atoms with van der Waals surface area (Å²) in [7, 11) is 0. The number of aromatic amines is 1. The zero-order chi connectivity index (χ0) is 14.8. The first-order chi connectivity index (χ1) is 10.1. The number of carboxylic acid groups (broad SMARTS) is 1. The molecule has 0 saturated heterocycles. The van der Waals surface area contributed by atoms with Crippen LogP contribution in [0.3, 0.4) is 0 Å². The molecule has 2 aromatic carbocycles. The predicted octanol–water partition coefficient (Wildman–Crippen LogP) is 4.10. The number of aromatic carboxylic acids is 1. The van der Waals surface area contributed by atoms with Crippen molar-refractivity contribution in [3.8, 4) is 5.75 Å². The number of aromatic nitrogens is 1. The lowest BCUT2D eigenvalue weighted by molar-refractivity contribution is 0.0697. The van der Waals surface area contributed by atoms with Crippen LogP contribution in [0.1, 0.15) is 16.1 Å². The number of benzene rings is 2. The molecule has 1 aromatic heterocycles. The molecule has 0 atom stereocenters. The fourth-order valence-electron chi connectivity index (χ4n) is 2.12. The van der Waals surface area contributed by atoms with Crippen molar-refractivity contribution in [2.45, 2.75) is 6.61 Å². The highest BCUT2D eigenvalue weighted by molar-refractivity contribution is 6.32. The van der Waals surface area contributed by atoms with E-state index in [1.165, 1.54) is 0 Å². The number of H-pyrrole nitrogens is 1. The Morgan fingerprint density at radius 3 is 2.76 bits per heavy atom. The van der Waals surface area contributed by atoms with Crippen molar-refractivity contribution < 1.29 is 14.6 Å². The molecule has 0 amide bonds. The van der Waals surface area contributed by atoms with Crippen molar-refractivity contribution in [3.05, 3.63) is 64.8 Å². The second-order valence-corrected chi connectivity index (χ2v) is 5.03. The van der Waals surface area contributed by atoms with Gasteiger partial charge in [0.2, 0.25) is 0 Å². The summed E-state index contributed by atoms with van der Waals surface area (Å²) in [6, 6.07) is 14.1. The molecule has 1 heterocycles. The van der Waals surface area contributed by atoms with E-state index in [4.69, 9.17) is 21.4 Å². The number of hydrogen-bond acceptors (Lipinski definition) is 2. The number of carboxylic acids is 1. The van der Waals surface area contributed by atoms with E-state index in [1.54, 1.807) is 30.3 Å². The molecule has 3 aromatic rings. The summed E-state index contributed by atoms with van der Waals surface area (Å²) in [4.78, 5) is 14.1. The molecule has 0 spiro atoms. The molecule has 0 saturated carbocycles. The van der Waals surface area contributed by atoms with Gasteiger partial charge in [-0.25, -0.2) is 4.79 Å². The fraction of sp³-hybridized carbons (Fsp3) is 0.0625. The van der Waals surface area contributed by atoms with E-state index < -0.39 is 5.97 Å². The molecule has 2 N–H and O–H groups in total. The zero-order valence-corrected chi connectivity index (χ0v) is 11.7. The van der Waals surface area contributed by atoms with Crippen LogP contribution in [0.2, 0.25) is 5.02 Å². The van der Waals surface area contributed by atoms with Crippen molar-refractivity contribution in [1.82, 2.24) is 4.98 Å². The Labute approximate surface area is 125 Å². The average Bonchev–Trinajstić information content (AvgIpc) is 2.88. The molecular weight excluding hydrogens is 290 g/mol. The Kier molecular flexibility index (Phi) is 3.54. The van der Waals surface area contributed by atoms with Gasteiger partial charge in [0.25, 0.3) is 0 Å². The van der Waals surface area contributed by atoms with Crippen molar-refractivity contribution in [1.29, 1.82) is 0 Å². The van der Waals surface area contributed by atoms with Crippen LogP contribution in [0.25, 0.3) is 10.9 Å². The van der Waals surface area contributed by atoms with Crippen LogP contribution in [0.15, 0.2) is 48.5 Å². The number of halogens is 1. The summed E-state index contributed by atoms with van der Waals surface area (Å²) >= 11 is 6.02. The molecule has 0 aliphatic carbocycles. The molecule has 0 aliphatic heterocycles. The third-order valence-corrected chi connectivity index (χ3v) is 3.46. The SMILES string of the molecule is O=C(O)c1ccc2[nH]c(COc3ccccc3Cl)cc2c1. The summed E-state index contributed by atoms with van der Waals surface area (Å²) in [5.41, 5.74) is 1.99. The second kappa shape index (κ2) is 5.50. The maximum absolute atomic E-state index is 11.0. The number of fused-ring (bicyclic) bond motifs is 1. The highest BCUT2D eigenvalue weighted by atomic mass is 35.5. The molecule has 5 heteroatoms. The van der Waals surface area contributed by atoms with E-state index in [0.717, 1.165) is 16.6 Å². The molecule has 4 nitrogen and oxygen atoms in total. The van der Waals surface area contributed by atoms with Gasteiger partial charge in [-0.2, -0.15) is 0 Å². The van der Waals surface area contributed by atoms with E-state index >= 15 is 0 Å². The minimum atomic E-state index is -0.938. The number of nitrogens with one attached hydrogen (secondary N) is 1. The van der Waals surface area contributed by atoms with Crippen LogP contribution < -0.4 is 4.74 Å². The highest BCUT2D eigenvalue weighted by Crippen LogP contribution is 2.25. The highest BCUT2D eigenvalue weighted by Gasteiger charge is 2.07. The minimum Gasteiger partial charge on any atom is -0.486 e. The van der Waals surface area contributed by atoms with Gasteiger partial charge >= 0.3 is 5.97 Å².